The molecule has 1 aromatic carbocycles. The van der Waals surface area contributed by atoms with Crippen LogP contribution in [0.1, 0.15) is 56.0 Å². The van der Waals surface area contributed by atoms with E-state index in [0.29, 0.717) is 5.91 Å². The van der Waals surface area contributed by atoms with Crippen molar-refractivity contribution in [2.45, 2.75) is 51.0 Å². The number of benzene rings is 1. The second-order valence-corrected chi connectivity index (χ2v) is 7.66. The molecule has 1 saturated heterocycles. The maximum absolute atomic E-state index is 12.6. The Morgan fingerprint density at radius 1 is 1.23 bits per heavy atom. The molecule has 1 aliphatic carbocycles. The van der Waals surface area contributed by atoms with Gasteiger partial charge < -0.3 is 4.90 Å². The first kappa shape index (κ1) is 14.2. The summed E-state index contributed by atoms with van der Waals surface area (Å²) in [7, 11) is 0. The summed E-state index contributed by atoms with van der Waals surface area (Å²) in [5.74, 6) is 1.17. The van der Waals surface area contributed by atoms with Crippen LogP contribution in [0.15, 0.2) is 24.3 Å². The molecule has 116 valence electrons. The first-order valence-electron chi connectivity index (χ1n) is 8.46. The fourth-order valence-corrected chi connectivity index (χ4v) is 4.51. The van der Waals surface area contributed by atoms with Gasteiger partial charge in [-0.05, 0) is 43.7 Å². The lowest BCUT2D eigenvalue weighted by Gasteiger charge is -2.34. The van der Waals surface area contributed by atoms with E-state index in [1.165, 1.54) is 24.0 Å². The number of nitrogens with zero attached hydrogens (tertiary/aromatic N) is 2. The van der Waals surface area contributed by atoms with Crippen LogP contribution < -0.4 is 0 Å². The normalized spacial score (nSPS) is 22.2. The summed E-state index contributed by atoms with van der Waals surface area (Å²) >= 11 is 1.76. The lowest BCUT2D eigenvalue weighted by atomic mass is 10.0. The molecular weight excluding hydrogens is 292 g/mol. The fourth-order valence-electron chi connectivity index (χ4n) is 3.40. The Hall–Kier alpha value is -1.42. The first-order chi connectivity index (χ1) is 10.8. The van der Waals surface area contributed by atoms with E-state index in [4.69, 9.17) is 4.98 Å². The van der Waals surface area contributed by atoms with Crippen LogP contribution in [0.4, 0.5) is 0 Å². The lowest BCUT2D eigenvalue weighted by molar-refractivity contribution is -0.135. The van der Waals surface area contributed by atoms with Crippen molar-refractivity contribution in [1.29, 1.82) is 0 Å². The van der Waals surface area contributed by atoms with Gasteiger partial charge in [-0.25, -0.2) is 4.98 Å². The highest BCUT2D eigenvalue weighted by Gasteiger charge is 2.31. The summed E-state index contributed by atoms with van der Waals surface area (Å²) < 4.78 is 1.23. The van der Waals surface area contributed by atoms with Gasteiger partial charge in [0, 0.05) is 13.0 Å². The molecule has 1 aromatic heterocycles. The van der Waals surface area contributed by atoms with Crippen LogP contribution >= 0.6 is 11.3 Å². The number of piperidine rings is 1. The Morgan fingerprint density at radius 3 is 2.91 bits per heavy atom. The molecule has 1 atom stereocenters. The third-order valence-corrected chi connectivity index (χ3v) is 6.02. The van der Waals surface area contributed by atoms with E-state index in [0.717, 1.165) is 48.7 Å². The molecule has 1 amide bonds. The zero-order valence-electron chi connectivity index (χ0n) is 12.8. The van der Waals surface area contributed by atoms with Crippen molar-refractivity contribution < 1.29 is 4.79 Å². The van der Waals surface area contributed by atoms with Gasteiger partial charge in [0.15, 0.2) is 0 Å². The number of carbonyl (C=O) groups excluding carboxylic acids is 1. The Morgan fingerprint density at radius 2 is 2.09 bits per heavy atom. The van der Waals surface area contributed by atoms with E-state index in [-0.39, 0.29) is 6.04 Å². The van der Waals surface area contributed by atoms with Crippen molar-refractivity contribution in [2.75, 3.05) is 6.54 Å². The molecule has 1 aliphatic heterocycles. The van der Waals surface area contributed by atoms with Gasteiger partial charge in [-0.3, -0.25) is 4.79 Å². The SMILES string of the molecule is O=C(CCC1CC1)N1CCCCC1c1nc2ccccc2s1. The van der Waals surface area contributed by atoms with Gasteiger partial charge in [0.05, 0.1) is 16.3 Å². The monoisotopic (exact) mass is 314 g/mol. The van der Waals surface area contributed by atoms with Crippen molar-refractivity contribution >= 4 is 27.5 Å². The van der Waals surface area contributed by atoms with E-state index in [1.54, 1.807) is 11.3 Å². The Balaban J connectivity index is 1.54. The predicted molar refractivity (Wildman–Crippen MR) is 89.9 cm³/mol. The van der Waals surface area contributed by atoms with E-state index in [1.807, 2.05) is 6.07 Å². The second-order valence-electron chi connectivity index (χ2n) is 6.60. The predicted octanol–water partition coefficient (Wildman–Crippen LogP) is 4.54. The fraction of sp³-hybridized carbons (Fsp3) is 0.556. The van der Waals surface area contributed by atoms with Crippen LogP contribution in [0.3, 0.4) is 0 Å². The Bertz CT molecular complexity index is 644. The van der Waals surface area contributed by atoms with Gasteiger partial charge in [0.25, 0.3) is 0 Å². The quantitative estimate of drug-likeness (QED) is 0.830. The van der Waals surface area contributed by atoms with Gasteiger partial charge in [-0.15, -0.1) is 11.3 Å². The van der Waals surface area contributed by atoms with Crippen LogP contribution in [-0.2, 0) is 4.79 Å². The molecule has 2 aliphatic rings. The molecule has 2 fully saturated rings. The summed E-state index contributed by atoms with van der Waals surface area (Å²) in [5.41, 5.74) is 1.07. The summed E-state index contributed by atoms with van der Waals surface area (Å²) in [5, 5.41) is 1.13. The molecule has 2 heterocycles. The topological polar surface area (TPSA) is 33.2 Å². The van der Waals surface area contributed by atoms with Gasteiger partial charge >= 0.3 is 0 Å². The maximum atomic E-state index is 12.6. The van der Waals surface area contributed by atoms with Crippen LogP contribution in [0.25, 0.3) is 10.2 Å². The maximum Gasteiger partial charge on any atom is 0.223 e. The summed E-state index contributed by atoms with van der Waals surface area (Å²) in [6.07, 6.45) is 7.87. The zero-order chi connectivity index (χ0) is 14.9. The molecule has 1 unspecified atom stereocenters. The van der Waals surface area contributed by atoms with Crippen molar-refractivity contribution in [1.82, 2.24) is 9.88 Å². The largest absolute Gasteiger partial charge is 0.333 e. The molecule has 3 nitrogen and oxygen atoms in total. The number of carbonyl (C=O) groups is 1. The highest BCUT2D eigenvalue weighted by molar-refractivity contribution is 7.18. The highest BCUT2D eigenvalue weighted by atomic mass is 32.1. The van der Waals surface area contributed by atoms with E-state index < -0.39 is 0 Å². The molecular formula is C18H22N2OS. The average Bonchev–Trinajstić information content (AvgIpc) is 3.29. The summed E-state index contributed by atoms with van der Waals surface area (Å²) in [6, 6.07) is 8.49. The number of hydrogen-bond acceptors (Lipinski definition) is 3. The van der Waals surface area contributed by atoms with Gasteiger partial charge in [-0.2, -0.15) is 0 Å². The number of fused-ring (bicyclic) bond motifs is 1. The molecule has 0 bridgehead atoms. The second kappa shape index (κ2) is 5.99. The van der Waals surface area contributed by atoms with E-state index in [9.17, 15) is 4.79 Å². The minimum Gasteiger partial charge on any atom is -0.333 e. The van der Waals surface area contributed by atoms with E-state index in [2.05, 4.69) is 23.1 Å². The molecule has 4 rings (SSSR count). The number of thiazole rings is 1. The van der Waals surface area contributed by atoms with Crippen LogP contribution in [0, 0.1) is 5.92 Å². The van der Waals surface area contributed by atoms with Gasteiger partial charge in [-0.1, -0.05) is 25.0 Å². The molecule has 0 spiro atoms. The van der Waals surface area contributed by atoms with Crippen LogP contribution in [0.5, 0.6) is 0 Å². The number of hydrogen-bond donors (Lipinski definition) is 0. The highest BCUT2D eigenvalue weighted by Crippen LogP contribution is 2.37. The molecule has 22 heavy (non-hydrogen) atoms. The van der Waals surface area contributed by atoms with Gasteiger partial charge in [0.2, 0.25) is 5.91 Å². The standard InChI is InChI=1S/C18H22N2OS/c21-17(11-10-13-8-9-13)20-12-4-3-6-15(20)18-19-14-5-1-2-7-16(14)22-18/h1-2,5,7,13,15H,3-4,6,8-12H2. The van der Waals surface area contributed by atoms with E-state index >= 15 is 0 Å². The lowest BCUT2D eigenvalue weighted by Crippen LogP contribution is -2.38. The number of likely N-dealkylation sites (tertiary alicyclic amines) is 1. The number of para-hydroxylation sites is 1. The molecule has 0 radical (unpaired) electrons. The third-order valence-electron chi connectivity index (χ3n) is 4.88. The van der Waals surface area contributed by atoms with Crippen LogP contribution in [0.2, 0.25) is 0 Å². The first-order valence-corrected chi connectivity index (χ1v) is 9.28. The summed E-state index contributed by atoms with van der Waals surface area (Å²) in [6.45, 7) is 0.907. The van der Waals surface area contributed by atoms with Gasteiger partial charge in [0.1, 0.15) is 5.01 Å². The molecule has 2 aromatic rings. The molecule has 0 N–H and O–H groups in total. The summed E-state index contributed by atoms with van der Waals surface area (Å²) in [4.78, 5) is 19.5. The van der Waals surface area contributed by atoms with Crippen molar-refractivity contribution in [2.24, 2.45) is 5.92 Å². The van der Waals surface area contributed by atoms with Crippen molar-refractivity contribution in [3.8, 4) is 0 Å². The minimum atomic E-state index is 0.206. The number of amides is 1. The smallest absolute Gasteiger partial charge is 0.223 e. The average molecular weight is 314 g/mol. The zero-order valence-corrected chi connectivity index (χ0v) is 13.6. The van der Waals surface area contributed by atoms with Crippen molar-refractivity contribution in [3.63, 3.8) is 0 Å². The molecule has 1 saturated carbocycles. The van der Waals surface area contributed by atoms with Crippen molar-refractivity contribution in [3.05, 3.63) is 29.3 Å². The molecule has 4 heteroatoms. The number of aromatic nitrogens is 1. The Kier molecular flexibility index (Phi) is 3.87. The third kappa shape index (κ3) is 2.89. The van der Waals surface area contributed by atoms with Crippen LogP contribution in [-0.4, -0.2) is 22.3 Å². The minimum absolute atomic E-state index is 0.206. The number of rotatable bonds is 4. The Labute approximate surface area is 135 Å².